The molecule has 23 rings (SSSR count). The Hall–Kier alpha value is -16.9. The van der Waals surface area contributed by atoms with Crippen LogP contribution >= 0.6 is 0 Å². The number of aromatic nitrogens is 12. The third kappa shape index (κ3) is 13.2. The lowest BCUT2D eigenvalue weighted by Crippen LogP contribution is -2.61. The zero-order valence-corrected chi connectivity index (χ0v) is 66.7. The first-order chi connectivity index (χ1) is 61.4. The van der Waals surface area contributed by atoms with Crippen LogP contribution in [0.1, 0.15) is 0 Å². The highest BCUT2D eigenvalue weighted by molar-refractivity contribution is 7.00. The van der Waals surface area contributed by atoms with E-state index in [1.165, 1.54) is 16.4 Å². The number of hydrogen-bond donors (Lipinski definition) is 0. The molecule has 0 bridgehead atoms. The molecule has 0 fully saturated rings. The maximum Gasteiger partial charge on any atom is 0.252 e. The fourth-order valence-corrected chi connectivity index (χ4v) is 17.5. The second-order valence-corrected chi connectivity index (χ2v) is 30.9. The minimum absolute atomic E-state index is 0.0332. The van der Waals surface area contributed by atoms with Crippen molar-refractivity contribution in [3.63, 3.8) is 0 Å². The van der Waals surface area contributed by atoms with E-state index in [2.05, 4.69) is 257 Å². The molecule has 16 aromatic carbocycles. The van der Waals surface area contributed by atoms with Crippen LogP contribution in [-0.4, -0.2) is 66.1 Å². The Morgan fingerprint density at radius 1 is 0.177 bits per heavy atom. The molecular weight excluding hydrogens is 1520 g/mol. The Labute approximate surface area is 715 Å². The van der Waals surface area contributed by atoms with Crippen molar-refractivity contribution in [1.82, 2.24) is 59.4 Å². The Morgan fingerprint density at radius 3 is 0.855 bits per heavy atom. The summed E-state index contributed by atoms with van der Waals surface area (Å²) in [4.78, 5) is 63.9. The standard InChI is InChI=1S/C109H69BN14/c1-10-32-71(33-11-1)90-69-91(112-100(111-90)72-34-12-2-13-35-72)79-58-61-94(124-92-62-59-80(107-116-101(73-36-14-3-15-37-73)113-102(117-107)74-38-16-4-17-39-74)65-85(92)86-66-81(60-63-93(86)124)108-118-103(75-40-18-5-19-41-75)114-104(119-108)76-42-20-6-21-43-76)87(64-79)109-120-105(77-44-22-7-23-45-77)115-106(121-109)78-56-54-70(55-57-78)82-67-97-99-98(68-82)123(84-48-26-9-27-49-84)96-53-31-29-51-89(96)110(99)88-50-28-30-52-95(88)122(97)83-46-24-8-25-47-83/h1-69H. The molecule has 578 valence electrons. The fourth-order valence-electron chi connectivity index (χ4n) is 17.5. The molecule has 0 unspecified atom stereocenters. The van der Waals surface area contributed by atoms with Gasteiger partial charge in [0.25, 0.3) is 6.71 Å². The van der Waals surface area contributed by atoms with Crippen LogP contribution in [0.3, 0.4) is 0 Å². The van der Waals surface area contributed by atoms with Gasteiger partial charge in [-0.05, 0) is 131 Å². The van der Waals surface area contributed by atoms with Gasteiger partial charge in [0.05, 0.1) is 28.1 Å². The van der Waals surface area contributed by atoms with Gasteiger partial charge in [0.2, 0.25) is 0 Å². The monoisotopic (exact) mass is 1580 g/mol. The van der Waals surface area contributed by atoms with Gasteiger partial charge < -0.3 is 14.4 Å². The van der Waals surface area contributed by atoms with Gasteiger partial charge in [-0.25, -0.2) is 54.8 Å². The molecule has 0 saturated heterocycles. The number of nitrogens with zero attached hydrogens (tertiary/aromatic N) is 14. The molecule has 0 aliphatic carbocycles. The maximum absolute atomic E-state index is 5.74. The Morgan fingerprint density at radius 2 is 0.468 bits per heavy atom. The molecule has 2 aliphatic heterocycles. The number of benzene rings is 16. The van der Waals surface area contributed by atoms with Crippen LogP contribution in [-0.2, 0) is 0 Å². The molecule has 15 heteroatoms. The first-order valence-electron chi connectivity index (χ1n) is 41.4. The molecule has 5 aromatic heterocycles. The van der Waals surface area contributed by atoms with E-state index >= 15 is 0 Å². The Balaban J connectivity index is 0.747. The van der Waals surface area contributed by atoms with E-state index < -0.39 is 0 Å². The van der Waals surface area contributed by atoms with Crippen molar-refractivity contribution in [3.8, 4) is 153 Å². The van der Waals surface area contributed by atoms with E-state index in [0.29, 0.717) is 69.5 Å². The van der Waals surface area contributed by atoms with Crippen LogP contribution in [0.5, 0.6) is 0 Å². The van der Waals surface area contributed by atoms with Gasteiger partial charge in [0.15, 0.2) is 58.2 Å². The molecule has 0 spiro atoms. The average Bonchev–Trinajstić information content (AvgIpc) is 0.902. The Kier molecular flexibility index (Phi) is 18.0. The van der Waals surface area contributed by atoms with E-state index in [0.717, 1.165) is 140 Å². The summed E-state index contributed by atoms with van der Waals surface area (Å²) in [6, 6.07) is 145. The summed E-state index contributed by atoms with van der Waals surface area (Å²) in [7, 11) is 0. The van der Waals surface area contributed by atoms with Crippen LogP contribution in [0.2, 0.25) is 0 Å². The summed E-state index contributed by atoms with van der Waals surface area (Å²) in [6.07, 6.45) is 0. The molecule has 0 radical (unpaired) electrons. The van der Waals surface area contributed by atoms with Crippen LogP contribution in [0.15, 0.2) is 419 Å². The van der Waals surface area contributed by atoms with E-state index in [9.17, 15) is 0 Å². The van der Waals surface area contributed by atoms with E-state index in [4.69, 9.17) is 54.8 Å². The lowest BCUT2D eigenvalue weighted by Gasteiger charge is -2.44. The highest BCUT2D eigenvalue weighted by Crippen LogP contribution is 2.48. The maximum atomic E-state index is 5.74. The highest BCUT2D eigenvalue weighted by atomic mass is 15.2. The summed E-state index contributed by atoms with van der Waals surface area (Å²) in [5, 5.41) is 1.81. The topological polar surface area (TPSA) is 153 Å². The quantitative estimate of drug-likeness (QED) is 0.0844. The SMILES string of the molecule is c1ccc(-c2cc(-c3ccc(-n4c5ccc(-c6nc(-c7ccccc7)nc(-c7ccccc7)n6)cc5c5cc(-c6nc(-c7ccccc7)nc(-c7ccccc7)n6)ccc54)c(-c4nc(-c5ccccc5)nc(-c5ccc(-c6cc7c8c(c6)N(c6ccccc6)c6ccccc6B8c6ccccc6N7c6ccccc6)cc5)n4)c3)nc(-c3ccccc3)n2)cc1. The smallest absolute Gasteiger partial charge is 0.252 e. The van der Waals surface area contributed by atoms with Crippen molar-refractivity contribution < 1.29 is 0 Å². The minimum atomic E-state index is -0.0332. The van der Waals surface area contributed by atoms with Gasteiger partial charge in [0, 0.05) is 112 Å². The summed E-state index contributed by atoms with van der Waals surface area (Å²) in [5.41, 5.74) is 26.5. The van der Waals surface area contributed by atoms with Crippen molar-refractivity contribution in [3.05, 3.63) is 419 Å². The van der Waals surface area contributed by atoms with Gasteiger partial charge in [-0.2, -0.15) is 0 Å². The molecule has 21 aromatic rings. The summed E-state index contributed by atoms with van der Waals surface area (Å²) >= 11 is 0. The normalized spacial score (nSPS) is 12.0. The summed E-state index contributed by atoms with van der Waals surface area (Å²) in [5.74, 6) is 5.22. The van der Waals surface area contributed by atoms with Gasteiger partial charge in [-0.1, -0.05) is 315 Å². The zero-order valence-electron chi connectivity index (χ0n) is 66.7. The van der Waals surface area contributed by atoms with Crippen molar-refractivity contribution in [2.24, 2.45) is 0 Å². The van der Waals surface area contributed by atoms with Crippen molar-refractivity contribution in [2.45, 2.75) is 0 Å². The van der Waals surface area contributed by atoms with E-state index in [-0.39, 0.29) is 6.71 Å². The number of anilines is 6. The molecule has 14 nitrogen and oxygen atoms in total. The number of hydrogen-bond acceptors (Lipinski definition) is 13. The Bertz CT molecular complexity index is 7180. The van der Waals surface area contributed by atoms with Gasteiger partial charge >= 0.3 is 0 Å². The third-order valence-electron chi connectivity index (χ3n) is 23.3. The molecule has 7 heterocycles. The van der Waals surface area contributed by atoms with Gasteiger partial charge in [0.1, 0.15) is 0 Å². The van der Waals surface area contributed by atoms with Gasteiger partial charge in [-0.15, -0.1) is 0 Å². The summed E-state index contributed by atoms with van der Waals surface area (Å²) < 4.78 is 2.32. The molecule has 0 amide bonds. The van der Waals surface area contributed by atoms with Crippen molar-refractivity contribution >= 4 is 79.0 Å². The fraction of sp³-hybridized carbons (Fsp3) is 0. The van der Waals surface area contributed by atoms with Gasteiger partial charge in [-0.3, -0.25) is 0 Å². The molecule has 0 N–H and O–H groups in total. The zero-order chi connectivity index (χ0) is 82.0. The number of rotatable bonds is 16. The molecule has 124 heavy (non-hydrogen) atoms. The molecule has 2 aliphatic rings. The summed E-state index contributed by atoms with van der Waals surface area (Å²) in [6.45, 7) is -0.0332. The second-order valence-electron chi connectivity index (χ2n) is 30.9. The van der Waals surface area contributed by atoms with Crippen LogP contribution < -0.4 is 26.2 Å². The second kappa shape index (κ2) is 30.8. The van der Waals surface area contributed by atoms with Crippen LogP contribution in [0.4, 0.5) is 34.1 Å². The predicted molar refractivity (Wildman–Crippen MR) is 501 cm³/mol. The predicted octanol–water partition coefficient (Wildman–Crippen LogP) is 23.9. The largest absolute Gasteiger partial charge is 0.311 e. The van der Waals surface area contributed by atoms with Crippen molar-refractivity contribution in [1.29, 1.82) is 0 Å². The molecular formula is C109H69BN14. The van der Waals surface area contributed by atoms with Crippen molar-refractivity contribution in [2.75, 3.05) is 9.80 Å². The number of para-hydroxylation sites is 4. The highest BCUT2D eigenvalue weighted by Gasteiger charge is 2.44. The number of fused-ring (bicyclic) bond motifs is 7. The van der Waals surface area contributed by atoms with Crippen LogP contribution in [0, 0.1) is 0 Å². The van der Waals surface area contributed by atoms with E-state index in [1.54, 1.807) is 0 Å². The van der Waals surface area contributed by atoms with E-state index in [1.807, 2.05) is 176 Å². The first kappa shape index (κ1) is 72.3. The first-order valence-corrected chi connectivity index (χ1v) is 41.4. The average molecular weight is 1590 g/mol. The minimum Gasteiger partial charge on any atom is -0.311 e. The molecule has 0 atom stereocenters. The third-order valence-corrected chi connectivity index (χ3v) is 23.3. The van der Waals surface area contributed by atoms with Crippen LogP contribution in [0.25, 0.3) is 175 Å². The molecule has 0 saturated carbocycles. The lowest BCUT2D eigenvalue weighted by atomic mass is 9.33. The lowest BCUT2D eigenvalue weighted by molar-refractivity contribution is 1.06.